The normalized spacial score (nSPS) is 16.1. The minimum absolute atomic E-state index is 0.108. The van der Waals surface area contributed by atoms with Crippen LogP contribution < -0.4 is 9.64 Å². The van der Waals surface area contributed by atoms with Crippen LogP contribution in [-0.2, 0) is 21.3 Å². The Kier molecular flexibility index (Phi) is 8.02. The summed E-state index contributed by atoms with van der Waals surface area (Å²) in [6.45, 7) is 5.32. The monoisotopic (exact) mass is 512 g/mol. The minimum atomic E-state index is -3.81. The van der Waals surface area contributed by atoms with E-state index in [-0.39, 0.29) is 30.0 Å². The molecule has 0 aliphatic carbocycles. The Bertz CT molecular complexity index is 1250. The third kappa shape index (κ3) is 5.43. The number of hydrogen-bond acceptors (Lipinski definition) is 6. The number of hydrogen-bond donors (Lipinski definition) is 0. The number of aromatic nitrogens is 2. The molecule has 0 saturated carbocycles. The van der Waals surface area contributed by atoms with E-state index in [9.17, 15) is 8.42 Å². The van der Waals surface area contributed by atoms with Crippen molar-refractivity contribution in [3.05, 3.63) is 65.9 Å². The van der Waals surface area contributed by atoms with Crippen molar-refractivity contribution >= 4 is 15.8 Å². The maximum absolute atomic E-state index is 14.0. The highest BCUT2D eigenvalue weighted by Gasteiger charge is 2.33. The highest BCUT2D eigenvalue weighted by atomic mass is 32.2. The maximum Gasteiger partial charge on any atom is 0.243 e. The number of rotatable bonds is 10. The summed E-state index contributed by atoms with van der Waals surface area (Å²) in [4.78, 5) is 2.24. The molecule has 0 unspecified atom stereocenters. The fourth-order valence-electron chi connectivity index (χ4n) is 4.62. The van der Waals surface area contributed by atoms with E-state index in [1.54, 1.807) is 35.7 Å². The van der Waals surface area contributed by atoms with Crippen molar-refractivity contribution in [2.24, 2.45) is 0 Å². The fourth-order valence-corrected chi connectivity index (χ4v) is 6.06. The molecule has 2 aromatic carbocycles. The van der Waals surface area contributed by atoms with Crippen molar-refractivity contribution < 1.29 is 17.9 Å². The molecule has 1 saturated heterocycles. The van der Waals surface area contributed by atoms with Gasteiger partial charge in [0.2, 0.25) is 10.0 Å². The number of ether oxygens (including phenoxy) is 2. The first-order valence-corrected chi connectivity index (χ1v) is 13.8. The zero-order valence-electron chi connectivity index (χ0n) is 21.7. The number of benzene rings is 2. The number of nitrogens with zero attached hydrogens (tertiary/aromatic N) is 4. The first-order chi connectivity index (χ1) is 17.2. The number of sulfonamides is 1. The molecule has 0 bridgehead atoms. The van der Waals surface area contributed by atoms with Gasteiger partial charge in [-0.2, -0.15) is 9.40 Å². The molecule has 4 rings (SSSR count). The fraction of sp³-hybridized carbons (Fsp3) is 0.444. The average Bonchev–Trinajstić information content (AvgIpc) is 3.52. The van der Waals surface area contributed by atoms with E-state index in [4.69, 9.17) is 14.6 Å². The second-order valence-corrected chi connectivity index (χ2v) is 11.5. The van der Waals surface area contributed by atoms with E-state index in [0.717, 1.165) is 35.6 Å². The second kappa shape index (κ2) is 11.0. The minimum Gasteiger partial charge on any atom is -0.497 e. The summed E-state index contributed by atoms with van der Waals surface area (Å²) >= 11 is 0. The summed E-state index contributed by atoms with van der Waals surface area (Å²) in [5.74, 6) is 1.59. The van der Waals surface area contributed by atoms with Crippen LogP contribution in [0.15, 0.2) is 59.5 Å². The standard InChI is InChI=1S/C27H36N4O4S/c1-20(2)26-25(27(29(3)4)31(28-26)21-10-7-6-8-11-21)19-30(18-23-12-9-17-35-23)36(32,33)24-15-13-22(34-5)14-16-24/h6-8,10-11,13-16,20,23H,9,12,17-19H2,1-5H3/t23-/m1/s1. The summed E-state index contributed by atoms with van der Waals surface area (Å²) in [6, 6.07) is 16.5. The van der Waals surface area contributed by atoms with Crippen molar-refractivity contribution in [1.82, 2.24) is 14.1 Å². The van der Waals surface area contributed by atoms with Gasteiger partial charge in [0, 0.05) is 39.4 Å². The molecule has 1 aromatic heterocycles. The third-order valence-electron chi connectivity index (χ3n) is 6.42. The number of para-hydroxylation sites is 1. The van der Waals surface area contributed by atoms with E-state index >= 15 is 0 Å². The molecule has 1 aliphatic rings. The molecule has 0 radical (unpaired) electrons. The van der Waals surface area contributed by atoms with Gasteiger partial charge in [-0.25, -0.2) is 13.1 Å². The second-order valence-electron chi connectivity index (χ2n) is 9.59. The molecule has 1 aliphatic heterocycles. The summed E-state index contributed by atoms with van der Waals surface area (Å²) in [6.07, 6.45) is 1.65. The maximum atomic E-state index is 14.0. The Labute approximate surface area is 214 Å². The van der Waals surface area contributed by atoms with Crippen LogP contribution in [-0.4, -0.2) is 63.0 Å². The lowest BCUT2D eigenvalue weighted by molar-refractivity contribution is 0.0925. The topological polar surface area (TPSA) is 76.9 Å². The summed E-state index contributed by atoms with van der Waals surface area (Å²) in [5, 5.41) is 4.97. The van der Waals surface area contributed by atoms with Gasteiger partial charge >= 0.3 is 0 Å². The van der Waals surface area contributed by atoms with E-state index in [0.29, 0.717) is 12.4 Å². The Hall–Kier alpha value is -2.88. The molecular weight excluding hydrogens is 476 g/mol. The van der Waals surface area contributed by atoms with Crippen molar-refractivity contribution in [1.29, 1.82) is 0 Å². The molecule has 1 atom stereocenters. The van der Waals surface area contributed by atoms with E-state index in [2.05, 4.69) is 13.8 Å². The van der Waals surface area contributed by atoms with Gasteiger partial charge in [-0.3, -0.25) is 0 Å². The van der Waals surface area contributed by atoms with Crippen LogP contribution in [0.5, 0.6) is 5.75 Å². The molecule has 8 nitrogen and oxygen atoms in total. The molecule has 0 N–H and O–H groups in total. The van der Waals surface area contributed by atoms with Crippen LogP contribution in [0, 0.1) is 0 Å². The largest absolute Gasteiger partial charge is 0.497 e. The van der Waals surface area contributed by atoms with Gasteiger partial charge in [0.05, 0.1) is 29.5 Å². The zero-order valence-corrected chi connectivity index (χ0v) is 22.5. The quantitative estimate of drug-likeness (QED) is 0.400. The van der Waals surface area contributed by atoms with Crippen LogP contribution >= 0.6 is 0 Å². The molecule has 2 heterocycles. The van der Waals surface area contributed by atoms with Crippen LogP contribution in [0.2, 0.25) is 0 Å². The lowest BCUT2D eigenvalue weighted by atomic mass is 10.1. The summed E-state index contributed by atoms with van der Waals surface area (Å²) < 4.78 is 42.5. The molecule has 194 valence electrons. The Morgan fingerprint density at radius 3 is 2.36 bits per heavy atom. The van der Waals surface area contributed by atoms with Gasteiger partial charge in [-0.05, 0) is 55.2 Å². The Morgan fingerprint density at radius 2 is 1.81 bits per heavy atom. The molecular formula is C27H36N4O4S. The van der Waals surface area contributed by atoms with Crippen LogP contribution in [0.25, 0.3) is 5.69 Å². The highest BCUT2D eigenvalue weighted by molar-refractivity contribution is 7.89. The molecule has 0 spiro atoms. The van der Waals surface area contributed by atoms with E-state index in [1.165, 1.54) is 0 Å². The molecule has 1 fully saturated rings. The van der Waals surface area contributed by atoms with Crippen LogP contribution in [0.1, 0.15) is 43.9 Å². The number of methoxy groups -OCH3 is 1. The first kappa shape index (κ1) is 26.2. The first-order valence-electron chi connectivity index (χ1n) is 12.3. The van der Waals surface area contributed by atoms with Gasteiger partial charge < -0.3 is 14.4 Å². The van der Waals surface area contributed by atoms with Gasteiger partial charge in [0.25, 0.3) is 0 Å². The third-order valence-corrected chi connectivity index (χ3v) is 8.25. The van der Waals surface area contributed by atoms with Crippen LogP contribution in [0.4, 0.5) is 5.82 Å². The van der Waals surface area contributed by atoms with Crippen molar-refractivity contribution in [3.8, 4) is 11.4 Å². The zero-order chi connectivity index (χ0) is 25.9. The summed E-state index contributed by atoms with van der Waals surface area (Å²) in [5.41, 5.74) is 2.71. The van der Waals surface area contributed by atoms with E-state index in [1.807, 2.05) is 54.0 Å². The van der Waals surface area contributed by atoms with Crippen LogP contribution in [0.3, 0.4) is 0 Å². The predicted molar refractivity (Wildman–Crippen MR) is 142 cm³/mol. The molecule has 36 heavy (non-hydrogen) atoms. The van der Waals surface area contributed by atoms with Gasteiger partial charge in [-0.15, -0.1) is 0 Å². The predicted octanol–water partition coefficient (Wildman–Crippen LogP) is 4.44. The Balaban J connectivity index is 1.81. The van der Waals surface area contributed by atoms with Crippen molar-refractivity contribution in [2.45, 2.75) is 50.2 Å². The lowest BCUT2D eigenvalue weighted by Crippen LogP contribution is -2.37. The smallest absolute Gasteiger partial charge is 0.243 e. The number of anilines is 1. The van der Waals surface area contributed by atoms with Gasteiger partial charge in [0.1, 0.15) is 11.6 Å². The summed E-state index contributed by atoms with van der Waals surface area (Å²) in [7, 11) is 1.68. The molecule has 9 heteroatoms. The molecule has 0 amide bonds. The average molecular weight is 513 g/mol. The van der Waals surface area contributed by atoms with Crippen molar-refractivity contribution in [3.63, 3.8) is 0 Å². The van der Waals surface area contributed by atoms with Gasteiger partial charge in [0.15, 0.2) is 0 Å². The lowest BCUT2D eigenvalue weighted by Gasteiger charge is -2.27. The van der Waals surface area contributed by atoms with Crippen molar-refractivity contribution in [2.75, 3.05) is 39.3 Å². The highest BCUT2D eigenvalue weighted by Crippen LogP contribution is 2.33. The molecule has 3 aromatic rings. The van der Waals surface area contributed by atoms with E-state index < -0.39 is 10.0 Å². The van der Waals surface area contributed by atoms with Gasteiger partial charge in [-0.1, -0.05) is 32.0 Å². The Morgan fingerprint density at radius 1 is 1.11 bits per heavy atom. The SMILES string of the molecule is COc1ccc(S(=O)(=O)N(Cc2c(C(C)C)nn(-c3ccccc3)c2N(C)C)C[C@H]2CCCO2)cc1.